The first-order valence-electron chi connectivity index (χ1n) is 12.7. The van der Waals surface area contributed by atoms with Gasteiger partial charge in [0.15, 0.2) is 5.78 Å². The van der Waals surface area contributed by atoms with Crippen LogP contribution in [0.3, 0.4) is 0 Å². The number of hydrogen-bond donors (Lipinski definition) is 0. The molecule has 2 aliphatic rings. The fourth-order valence-corrected chi connectivity index (χ4v) is 7.14. The Labute approximate surface area is 231 Å². The van der Waals surface area contributed by atoms with Crippen LogP contribution in [0.5, 0.6) is 0 Å². The Morgan fingerprint density at radius 1 is 1.12 bits per heavy atom. The molecule has 0 amide bonds. The number of carbonyl (C=O) groups excluding carboxylic acids is 1. The summed E-state index contributed by atoms with van der Waals surface area (Å²) in [5.74, 6) is -0.611. The van der Waals surface area contributed by atoms with E-state index in [1.165, 1.54) is 34.6 Å². The molecular weight excluding hydrogens is 529 g/mol. The van der Waals surface area contributed by atoms with Crippen molar-refractivity contribution < 1.29 is 17.6 Å². The summed E-state index contributed by atoms with van der Waals surface area (Å²) < 4.78 is 44.1. The van der Waals surface area contributed by atoms with Gasteiger partial charge >= 0.3 is 0 Å². The van der Waals surface area contributed by atoms with Gasteiger partial charge in [0.25, 0.3) is 0 Å². The topological polar surface area (TPSA) is 109 Å². The van der Waals surface area contributed by atoms with E-state index in [1.54, 1.807) is 47.4 Å². The summed E-state index contributed by atoms with van der Waals surface area (Å²) in [6.45, 7) is 1.97. The molecule has 2 aromatic carbocycles. The molecule has 0 N–H and O–H groups in total. The van der Waals surface area contributed by atoms with Gasteiger partial charge in [0.05, 0.1) is 39.5 Å². The standard InChI is InChI=1S/C30H24FN5O3S/c1-20-9-11-33-27(13-20)29(37)30-16-22-18-34-36(25-7-5-24(31)6-8-25)28(22)15-23(30)10-12-35(19-30)40(38,39)26-4-2-3-21(14-26)17-32/h2-9,11,13-15,18H,10,12,16,19H2,1H3. The lowest BCUT2D eigenvalue weighted by Gasteiger charge is -2.44. The predicted molar refractivity (Wildman–Crippen MR) is 145 cm³/mol. The highest BCUT2D eigenvalue weighted by Crippen LogP contribution is 2.47. The quantitative estimate of drug-likeness (QED) is 0.337. The number of fused-ring (bicyclic) bond motifs is 2. The van der Waals surface area contributed by atoms with Crippen molar-refractivity contribution in [2.24, 2.45) is 5.41 Å². The van der Waals surface area contributed by atoms with Crippen LogP contribution in [0.15, 0.2) is 83.5 Å². The molecule has 1 atom stereocenters. The highest BCUT2D eigenvalue weighted by Gasteiger charge is 2.51. The largest absolute Gasteiger partial charge is 0.291 e. The van der Waals surface area contributed by atoms with Gasteiger partial charge in [-0.05, 0) is 91.6 Å². The Hall–Kier alpha value is -4.46. The minimum atomic E-state index is -4.00. The van der Waals surface area contributed by atoms with Gasteiger partial charge in [-0.1, -0.05) is 11.6 Å². The van der Waals surface area contributed by atoms with Gasteiger partial charge in [-0.2, -0.15) is 14.7 Å². The van der Waals surface area contributed by atoms with Gasteiger partial charge in [-0.25, -0.2) is 17.5 Å². The fourth-order valence-electron chi connectivity index (χ4n) is 5.59. The maximum atomic E-state index is 14.3. The van der Waals surface area contributed by atoms with Crippen LogP contribution in [-0.2, 0) is 16.4 Å². The van der Waals surface area contributed by atoms with E-state index in [9.17, 15) is 22.9 Å². The number of halogens is 1. The average molecular weight is 554 g/mol. The zero-order valence-corrected chi connectivity index (χ0v) is 22.4. The second-order valence-corrected chi connectivity index (χ2v) is 12.1. The molecular formula is C30H24FN5O3S. The number of ketones is 1. The molecule has 4 aromatic rings. The predicted octanol–water partition coefficient (Wildman–Crippen LogP) is 4.49. The first-order chi connectivity index (χ1) is 19.2. The lowest BCUT2D eigenvalue weighted by atomic mass is 9.65. The number of Topliss-reactive ketones (excluding diaryl/α,β-unsaturated/α-hetero) is 1. The number of rotatable bonds is 5. The molecule has 10 heteroatoms. The van der Waals surface area contributed by atoms with E-state index < -0.39 is 15.4 Å². The summed E-state index contributed by atoms with van der Waals surface area (Å²) >= 11 is 0. The fraction of sp³-hybridized carbons (Fsp3) is 0.200. The van der Waals surface area contributed by atoms with Gasteiger partial charge in [0.2, 0.25) is 10.0 Å². The van der Waals surface area contributed by atoms with Gasteiger partial charge < -0.3 is 0 Å². The maximum Gasteiger partial charge on any atom is 0.243 e. The van der Waals surface area contributed by atoms with Crippen molar-refractivity contribution in [3.63, 3.8) is 0 Å². The molecule has 6 rings (SSSR count). The molecule has 0 spiro atoms. The molecule has 0 bridgehead atoms. The van der Waals surface area contributed by atoms with Crippen LogP contribution in [0.2, 0.25) is 0 Å². The third-order valence-corrected chi connectivity index (χ3v) is 9.48. The summed E-state index contributed by atoms with van der Waals surface area (Å²) in [6.07, 6.45) is 5.72. The minimum absolute atomic E-state index is 0.0101. The molecule has 40 heavy (non-hydrogen) atoms. The van der Waals surface area contributed by atoms with Crippen molar-refractivity contribution in [2.75, 3.05) is 13.1 Å². The second kappa shape index (κ2) is 9.62. The zero-order valence-electron chi connectivity index (χ0n) is 21.6. The van der Waals surface area contributed by atoms with Gasteiger partial charge in [0.1, 0.15) is 11.5 Å². The highest BCUT2D eigenvalue weighted by molar-refractivity contribution is 7.89. The number of aryl methyl sites for hydroxylation is 1. The monoisotopic (exact) mass is 553 g/mol. The Bertz CT molecular complexity index is 1840. The van der Waals surface area contributed by atoms with Crippen LogP contribution < -0.4 is 0 Å². The average Bonchev–Trinajstić information content (AvgIpc) is 3.37. The van der Waals surface area contributed by atoms with Crippen molar-refractivity contribution in [3.05, 3.63) is 113 Å². The van der Waals surface area contributed by atoms with Gasteiger partial charge in [0, 0.05) is 19.3 Å². The summed E-state index contributed by atoms with van der Waals surface area (Å²) in [5, 5.41) is 13.8. The molecule has 200 valence electrons. The first-order valence-corrected chi connectivity index (χ1v) is 14.2. The van der Waals surface area contributed by atoms with Crippen LogP contribution in [0.25, 0.3) is 11.8 Å². The number of benzene rings is 2. The van der Waals surface area contributed by atoms with E-state index in [-0.39, 0.29) is 47.3 Å². The zero-order chi connectivity index (χ0) is 28.1. The van der Waals surface area contributed by atoms with E-state index in [4.69, 9.17) is 0 Å². The first kappa shape index (κ1) is 25.8. The van der Waals surface area contributed by atoms with Crippen LogP contribution in [0.4, 0.5) is 4.39 Å². The second-order valence-electron chi connectivity index (χ2n) is 10.1. The Kier molecular flexibility index (Phi) is 6.21. The molecule has 1 unspecified atom stereocenters. The minimum Gasteiger partial charge on any atom is -0.291 e. The number of sulfonamides is 1. The van der Waals surface area contributed by atoms with Crippen molar-refractivity contribution in [2.45, 2.75) is 24.7 Å². The molecule has 8 nitrogen and oxygen atoms in total. The lowest BCUT2D eigenvalue weighted by Crippen LogP contribution is -2.53. The summed E-state index contributed by atoms with van der Waals surface area (Å²) in [7, 11) is -4.00. The summed E-state index contributed by atoms with van der Waals surface area (Å²) in [4.78, 5) is 18.7. The van der Waals surface area contributed by atoms with Crippen LogP contribution in [0.1, 0.15) is 39.3 Å². The van der Waals surface area contributed by atoms with E-state index in [1.807, 2.05) is 19.1 Å². The van der Waals surface area contributed by atoms with Crippen LogP contribution in [-0.4, -0.2) is 46.4 Å². The molecule has 1 saturated heterocycles. The Morgan fingerprint density at radius 3 is 2.67 bits per heavy atom. The molecule has 0 saturated carbocycles. The summed E-state index contributed by atoms with van der Waals surface area (Å²) in [5.41, 5.74) is 3.22. The number of pyridine rings is 1. The smallest absolute Gasteiger partial charge is 0.243 e. The van der Waals surface area contributed by atoms with E-state index in [2.05, 4.69) is 10.1 Å². The molecule has 1 aliphatic carbocycles. The third kappa shape index (κ3) is 4.24. The highest BCUT2D eigenvalue weighted by atomic mass is 32.2. The van der Waals surface area contributed by atoms with E-state index >= 15 is 0 Å². The molecule has 0 radical (unpaired) electrons. The van der Waals surface area contributed by atoms with Gasteiger partial charge in [-0.15, -0.1) is 0 Å². The SMILES string of the molecule is Cc1ccnc(C(=O)C23Cc4cnn(-c5ccc(F)cc5)c4C=C2CCN(S(=O)(=O)c2cccc(C#N)c2)C3)c1. The van der Waals surface area contributed by atoms with Gasteiger partial charge in [-0.3, -0.25) is 9.78 Å². The number of hydrogen-bond acceptors (Lipinski definition) is 6. The van der Waals surface area contributed by atoms with E-state index in [0.29, 0.717) is 12.1 Å². The third-order valence-electron chi connectivity index (χ3n) is 7.64. The number of nitriles is 1. The lowest BCUT2D eigenvalue weighted by molar-refractivity contribution is 0.0770. The Balaban J connectivity index is 1.46. The van der Waals surface area contributed by atoms with Crippen molar-refractivity contribution >= 4 is 21.9 Å². The number of aromatic nitrogens is 3. The molecule has 3 heterocycles. The van der Waals surface area contributed by atoms with Crippen LogP contribution in [0, 0.1) is 29.5 Å². The molecule has 2 aromatic heterocycles. The molecule has 1 fully saturated rings. The normalized spacial score (nSPS) is 18.8. The van der Waals surface area contributed by atoms with Crippen molar-refractivity contribution in [1.29, 1.82) is 5.26 Å². The maximum absolute atomic E-state index is 14.3. The molecule has 1 aliphatic heterocycles. The number of carbonyl (C=O) groups is 1. The Morgan fingerprint density at radius 2 is 1.93 bits per heavy atom. The van der Waals surface area contributed by atoms with Crippen LogP contribution >= 0.6 is 0 Å². The number of nitrogens with zero attached hydrogens (tertiary/aromatic N) is 5. The summed E-state index contributed by atoms with van der Waals surface area (Å²) in [6, 6.07) is 17.4. The number of piperidine rings is 1. The van der Waals surface area contributed by atoms with Crippen molar-refractivity contribution in [1.82, 2.24) is 19.1 Å². The van der Waals surface area contributed by atoms with Crippen molar-refractivity contribution in [3.8, 4) is 11.8 Å². The van der Waals surface area contributed by atoms with E-state index in [0.717, 1.165) is 22.4 Å².